The van der Waals surface area contributed by atoms with Gasteiger partial charge in [-0.3, -0.25) is 0 Å². The molecule has 1 aliphatic heterocycles. The number of benzene rings is 1. The Hall–Kier alpha value is -1.66. The lowest BCUT2D eigenvalue weighted by Gasteiger charge is -2.32. The molecule has 2 amide bonds. The standard InChI is InChI=1S/C13H17FN2O3/c14-10-2-1-3-11(8-10)16-12(17)15-9-13(18)4-6-19-7-5-13/h1-3,8,18H,4-7,9H2,(H2,15,16,17). The van der Waals surface area contributed by atoms with Crippen LogP contribution in [0.3, 0.4) is 0 Å². The Kier molecular flexibility index (Phi) is 4.34. The highest BCUT2D eigenvalue weighted by molar-refractivity contribution is 5.89. The van der Waals surface area contributed by atoms with Gasteiger partial charge >= 0.3 is 6.03 Å². The first-order valence-corrected chi connectivity index (χ1v) is 6.18. The minimum absolute atomic E-state index is 0.150. The molecule has 1 aromatic rings. The fourth-order valence-electron chi connectivity index (χ4n) is 1.91. The largest absolute Gasteiger partial charge is 0.388 e. The zero-order chi connectivity index (χ0) is 13.7. The SMILES string of the molecule is O=C(NCC1(O)CCOCC1)Nc1cccc(F)c1. The molecule has 0 saturated carbocycles. The van der Waals surface area contributed by atoms with Crippen LogP contribution in [-0.2, 0) is 4.74 Å². The van der Waals surface area contributed by atoms with Gasteiger partial charge in [0.2, 0.25) is 0 Å². The van der Waals surface area contributed by atoms with E-state index in [1.807, 2.05) is 0 Å². The third kappa shape index (κ3) is 4.18. The van der Waals surface area contributed by atoms with Crippen molar-refractivity contribution in [3.05, 3.63) is 30.1 Å². The molecule has 0 unspecified atom stereocenters. The van der Waals surface area contributed by atoms with Crippen LogP contribution in [0.15, 0.2) is 24.3 Å². The number of urea groups is 1. The van der Waals surface area contributed by atoms with Gasteiger partial charge in [-0.25, -0.2) is 9.18 Å². The molecule has 104 valence electrons. The molecule has 0 spiro atoms. The summed E-state index contributed by atoms with van der Waals surface area (Å²) in [7, 11) is 0. The van der Waals surface area contributed by atoms with Crippen molar-refractivity contribution in [2.45, 2.75) is 18.4 Å². The van der Waals surface area contributed by atoms with Gasteiger partial charge in [-0.15, -0.1) is 0 Å². The topological polar surface area (TPSA) is 70.6 Å². The fourth-order valence-corrected chi connectivity index (χ4v) is 1.91. The number of carbonyl (C=O) groups excluding carboxylic acids is 1. The van der Waals surface area contributed by atoms with Gasteiger partial charge in [-0.05, 0) is 18.2 Å². The lowest BCUT2D eigenvalue weighted by Crippen LogP contribution is -2.47. The maximum absolute atomic E-state index is 12.9. The quantitative estimate of drug-likeness (QED) is 0.777. The molecule has 2 rings (SSSR count). The van der Waals surface area contributed by atoms with Crippen LogP contribution >= 0.6 is 0 Å². The molecule has 1 saturated heterocycles. The number of rotatable bonds is 3. The summed E-state index contributed by atoms with van der Waals surface area (Å²) in [5.41, 5.74) is -0.547. The second kappa shape index (κ2) is 5.99. The highest BCUT2D eigenvalue weighted by Gasteiger charge is 2.30. The average molecular weight is 268 g/mol. The van der Waals surface area contributed by atoms with Crippen molar-refractivity contribution < 1.29 is 19.0 Å². The normalized spacial score (nSPS) is 17.8. The number of hydrogen-bond acceptors (Lipinski definition) is 3. The lowest BCUT2D eigenvalue weighted by atomic mass is 9.94. The Balaban J connectivity index is 1.81. The summed E-state index contributed by atoms with van der Waals surface area (Å²) in [4.78, 5) is 11.6. The molecular weight excluding hydrogens is 251 g/mol. The molecule has 6 heteroatoms. The molecule has 0 aromatic heterocycles. The van der Waals surface area contributed by atoms with Gasteiger partial charge < -0.3 is 20.5 Å². The summed E-state index contributed by atoms with van der Waals surface area (Å²) in [6.07, 6.45) is 0.987. The fraction of sp³-hybridized carbons (Fsp3) is 0.462. The number of halogens is 1. The van der Waals surface area contributed by atoms with Gasteiger partial charge in [-0.1, -0.05) is 6.07 Å². The van der Waals surface area contributed by atoms with Crippen LogP contribution in [0.25, 0.3) is 0 Å². The van der Waals surface area contributed by atoms with Crippen LogP contribution in [0.4, 0.5) is 14.9 Å². The van der Waals surface area contributed by atoms with Crippen molar-refractivity contribution in [3.63, 3.8) is 0 Å². The summed E-state index contributed by atoms with van der Waals surface area (Å²) in [6, 6.07) is 5.16. The minimum Gasteiger partial charge on any atom is -0.388 e. The zero-order valence-electron chi connectivity index (χ0n) is 10.5. The maximum Gasteiger partial charge on any atom is 0.319 e. The molecule has 0 radical (unpaired) electrons. The minimum atomic E-state index is -0.919. The van der Waals surface area contributed by atoms with Gasteiger partial charge in [0, 0.05) is 38.3 Å². The van der Waals surface area contributed by atoms with E-state index in [1.165, 1.54) is 18.2 Å². The van der Waals surface area contributed by atoms with Crippen molar-refractivity contribution in [2.24, 2.45) is 0 Å². The first-order valence-electron chi connectivity index (χ1n) is 6.18. The third-order valence-electron chi connectivity index (χ3n) is 3.08. The van der Waals surface area contributed by atoms with Crippen molar-refractivity contribution in [1.82, 2.24) is 5.32 Å². The molecule has 19 heavy (non-hydrogen) atoms. The van der Waals surface area contributed by atoms with Crippen molar-refractivity contribution in [3.8, 4) is 0 Å². The molecule has 0 bridgehead atoms. The Morgan fingerprint density at radius 3 is 2.84 bits per heavy atom. The third-order valence-corrected chi connectivity index (χ3v) is 3.08. The van der Waals surface area contributed by atoms with E-state index in [4.69, 9.17) is 4.74 Å². The second-order valence-electron chi connectivity index (χ2n) is 4.65. The van der Waals surface area contributed by atoms with E-state index < -0.39 is 17.4 Å². The summed E-state index contributed by atoms with van der Waals surface area (Å²) >= 11 is 0. The zero-order valence-corrected chi connectivity index (χ0v) is 10.5. The molecular formula is C13H17FN2O3. The molecule has 3 N–H and O–H groups in total. The van der Waals surface area contributed by atoms with Gasteiger partial charge in [0.25, 0.3) is 0 Å². The number of nitrogens with one attached hydrogen (secondary N) is 2. The van der Waals surface area contributed by atoms with E-state index in [0.717, 1.165) is 0 Å². The molecule has 0 aliphatic carbocycles. The van der Waals surface area contributed by atoms with Crippen LogP contribution in [0.1, 0.15) is 12.8 Å². The van der Waals surface area contributed by atoms with Gasteiger partial charge in [0.1, 0.15) is 5.82 Å². The summed E-state index contributed by atoms with van der Waals surface area (Å²) in [6.45, 7) is 1.13. The summed E-state index contributed by atoms with van der Waals surface area (Å²) in [5.74, 6) is -0.416. The van der Waals surface area contributed by atoms with Crippen LogP contribution in [-0.4, -0.2) is 36.5 Å². The first kappa shape index (κ1) is 13.8. The van der Waals surface area contributed by atoms with Crippen molar-refractivity contribution in [2.75, 3.05) is 25.1 Å². The lowest BCUT2D eigenvalue weighted by molar-refractivity contribution is -0.0598. The number of aliphatic hydroxyl groups is 1. The molecule has 1 aromatic carbocycles. The van der Waals surface area contributed by atoms with Crippen LogP contribution in [0.2, 0.25) is 0 Å². The predicted molar refractivity (Wildman–Crippen MR) is 68.4 cm³/mol. The number of hydrogen-bond donors (Lipinski definition) is 3. The molecule has 1 aliphatic rings. The van der Waals surface area contributed by atoms with Crippen LogP contribution < -0.4 is 10.6 Å². The van der Waals surface area contributed by atoms with Crippen LogP contribution in [0.5, 0.6) is 0 Å². The Bertz CT molecular complexity index is 447. The monoisotopic (exact) mass is 268 g/mol. The molecule has 5 nitrogen and oxygen atoms in total. The first-order chi connectivity index (χ1) is 9.07. The summed E-state index contributed by atoms with van der Waals surface area (Å²) in [5, 5.41) is 15.2. The van der Waals surface area contributed by atoms with Gasteiger partial charge in [-0.2, -0.15) is 0 Å². The van der Waals surface area contributed by atoms with Crippen LogP contribution in [0, 0.1) is 5.82 Å². The maximum atomic E-state index is 12.9. The summed E-state index contributed by atoms with van der Waals surface area (Å²) < 4.78 is 18.1. The Labute approximate surface area is 110 Å². The van der Waals surface area contributed by atoms with Crippen molar-refractivity contribution >= 4 is 11.7 Å². The number of anilines is 1. The van der Waals surface area contributed by atoms with E-state index in [2.05, 4.69) is 10.6 Å². The number of ether oxygens (including phenoxy) is 1. The molecule has 1 fully saturated rings. The van der Waals surface area contributed by atoms with E-state index in [1.54, 1.807) is 6.07 Å². The highest BCUT2D eigenvalue weighted by Crippen LogP contribution is 2.19. The smallest absolute Gasteiger partial charge is 0.319 e. The predicted octanol–water partition coefficient (Wildman–Crippen LogP) is 1.49. The Morgan fingerprint density at radius 2 is 2.16 bits per heavy atom. The van der Waals surface area contributed by atoms with E-state index in [-0.39, 0.29) is 6.54 Å². The second-order valence-corrected chi connectivity index (χ2v) is 4.65. The highest BCUT2D eigenvalue weighted by atomic mass is 19.1. The molecule has 1 heterocycles. The number of amides is 2. The van der Waals surface area contributed by atoms with Gasteiger partial charge in [0.15, 0.2) is 0 Å². The average Bonchev–Trinajstić information content (AvgIpc) is 2.38. The molecule has 0 atom stereocenters. The van der Waals surface area contributed by atoms with E-state index >= 15 is 0 Å². The van der Waals surface area contributed by atoms with E-state index in [0.29, 0.717) is 31.7 Å². The van der Waals surface area contributed by atoms with Crippen molar-refractivity contribution in [1.29, 1.82) is 0 Å². The van der Waals surface area contributed by atoms with E-state index in [9.17, 15) is 14.3 Å². The number of carbonyl (C=O) groups is 1. The van der Waals surface area contributed by atoms with Gasteiger partial charge in [0.05, 0.1) is 5.60 Å². The Morgan fingerprint density at radius 1 is 1.42 bits per heavy atom.